The van der Waals surface area contributed by atoms with E-state index in [1.807, 2.05) is 18.2 Å². The molecule has 0 bridgehead atoms. The summed E-state index contributed by atoms with van der Waals surface area (Å²) in [7, 11) is 3.01. The minimum absolute atomic E-state index is 0.0522. The van der Waals surface area contributed by atoms with Crippen molar-refractivity contribution in [2.45, 2.75) is 19.9 Å². The van der Waals surface area contributed by atoms with Crippen molar-refractivity contribution < 1.29 is 19.1 Å². The molecule has 2 aromatic rings. The fourth-order valence-corrected chi connectivity index (χ4v) is 2.56. The second-order valence-electron chi connectivity index (χ2n) is 5.90. The summed E-state index contributed by atoms with van der Waals surface area (Å²) in [5, 5.41) is 7.33. The number of nitrogens with one attached hydrogen (secondary N) is 2. The molecule has 0 aliphatic carbocycles. The molecule has 0 aliphatic heterocycles. The van der Waals surface area contributed by atoms with Gasteiger partial charge < -0.3 is 14.8 Å². The van der Waals surface area contributed by atoms with Gasteiger partial charge in [0, 0.05) is 22.8 Å². The molecule has 2 rings (SSSR count). The first-order valence-corrected chi connectivity index (χ1v) is 8.88. The first-order valence-electron chi connectivity index (χ1n) is 8.50. The van der Waals surface area contributed by atoms with Crippen molar-refractivity contribution in [3.63, 3.8) is 0 Å². The highest BCUT2D eigenvalue weighted by Crippen LogP contribution is 2.27. The zero-order chi connectivity index (χ0) is 20.5. The van der Waals surface area contributed by atoms with Crippen molar-refractivity contribution in [1.82, 2.24) is 10.7 Å². The zero-order valence-corrected chi connectivity index (χ0v) is 16.7. The molecule has 2 aromatic carbocycles. The molecule has 0 aromatic heterocycles. The van der Waals surface area contributed by atoms with Crippen molar-refractivity contribution in [2.75, 3.05) is 14.2 Å². The Balaban J connectivity index is 1.88. The summed E-state index contributed by atoms with van der Waals surface area (Å²) in [5.41, 5.74) is 4.08. The summed E-state index contributed by atoms with van der Waals surface area (Å²) in [6.45, 7) is 1.98. The number of hydrogen-bond acceptors (Lipinski definition) is 5. The number of methoxy groups -OCH3 is 2. The average molecular weight is 404 g/mol. The standard InChI is InChI=1S/C20H22ClN3O4/c1-13(10-19(25)22-12-15-6-4-5-7-16(15)21)23-24-20(26)14-8-9-17(27-2)18(11-14)28-3/h4-9,11H,10,12H2,1-3H3,(H,22,25)(H,24,26)/b23-13+. The molecule has 0 saturated carbocycles. The highest BCUT2D eigenvalue weighted by Gasteiger charge is 2.11. The molecule has 0 atom stereocenters. The van der Waals surface area contributed by atoms with Gasteiger partial charge in [0.2, 0.25) is 5.91 Å². The van der Waals surface area contributed by atoms with Crippen LogP contribution in [0.4, 0.5) is 0 Å². The van der Waals surface area contributed by atoms with Gasteiger partial charge in [0.15, 0.2) is 11.5 Å². The molecule has 8 heteroatoms. The van der Waals surface area contributed by atoms with E-state index in [1.165, 1.54) is 14.2 Å². The van der Waals surface area contributed by atoms with Crippen molar-refractivity contribution in [3.8, 4) is 11.5 Å². The summed E-state index contributed by atoms with van der Waals surface area (Å²) in [6.07, 6.45) is 0.0522. The van der Waals surface area contributed by atoms with E-state index in [4.69, 9.17) is 21.1 Å². The minimum atomic E-state index is -0.420. The predicted octanol–water partition coefficient (Wildman–Crippen LogP) is 3.17. The van der Waals surface area contributed by atoms with Gasteiger partial charge in [-0.05, 0) is 36.8 Å². The van der Waals surface area contributed by atoms with E-state index in [1.54, 1.807) is 31.2 Å². The van der Waals surface area contributed by atoms with Gasteiger partial charge in [0.25, 0.3) is 5.91 Å². The van der Waals surface area contributed by atoms with E-state index in [-0.39, 0.29) is 12.3 Å². The molecule has 148 valence electrons. The third-order valence-corrected chi connectivity index (χ3v) is 4.21. The van der Waals surface area contributed by atoms with Gasteiger partial charge in [0.05, 0.1) is 20.6 Å². The second-order valence-corrected chi connectivity index (χ2v) is 6.31. The SMILES string of the molecule is COc1ccc(C(=O)N/N=C(\C)CC(=O)NCc2ccccc2Cl)cc1OC. The Morgan fingerprint density at radius 1 is 1.07 bits per heavy atom. The first kappa shape index (κ1) is 21.2. The molecule has 0 saturated heterocycles. The summed E-state index contributed by atoms with van der Waals surface area (Å²) in [5.74, 6) is 0.321. The third kappa shape index (κ3) is 5.99. The summed E-state index contributed by atoms with van der Waals surface area (Å²) >= 11 is 6.06. The van der Waals surface area contributed by atoms with E-state index in [0.717, 1.165) is 5.56 Å². The van der Waals surface area contributed by atoms with Crippen molar-refractivity contribution in [3.05, 3.63) is 58.6 Å². The van der Waals surface area contributed by atoms with Gasteiger partial charge >= 0.3 is 0 Å². The van der Waals surface area contributed by atoms with Gasteiger partial charge in [-0.3, -0.25) is 9.59 Å². The van der Waals surface area contributed by atoms with Gasteiger partial charge in [-0.2, -0.15) is 5.10 Å². The number of halogens is 1. The quantitative estimate of drug-likeness (QED) is 0.523. The zero-order valence-electron chi connectivity index (χ0n) is 15.9. The Labute approximate surface area is 168 Å². The van der Waals surface area contributed by atoms with Gasteiger partial charge in [-0.1, -0.05) is 29.8 Å². The van der Waals surface area contributed by atoms with Crippen molar-refractivity contribution in [2.24, 2.45) is 5.10 Å². The van der Waals surface area contributed by atoms with Crippen molar-refractivity contribution >= 4 is 29.1 Å². The number of hydrogen-bond donors (Lipinski definition) is 2. The largest absolute Gasteiger partial charge is 0.493 e. The van der Waals surface area contributed by atoms with E-state index in [9.17, 15) is 9.59 Å². The van der Waals surface area contributed by atoms with Crippen LogP contribution in [-0.4, -0.2) is 31.7 Å². The molecule has 2 amide bonds. The topological polar surface area (TPSA) is 89.0 Å². The lowest BCUT2D eigenvalue weighted by molar-refractivity contribution is -0.120. The molecule has 0 spiro atoms. The van der Waals surface area contributed by atoms with Crippen LogP contribution in [0.5, 0.6) is 11.5 Å². The third-order valence-electron chi connectivity index (χ3n) is 3.84. The molecule has 0 unspecified atom stereocenters. The molecular formula is C20H22ClN3O4. The predicted molar refractivity (Wildman–Crippen MR) is 108 cm³/mol. The Kier molecular flexibility index (Phi) is 7.83. The fourth-order valence-electron chi connectivity index (χ4n) is 2.36. The number of carbonyl (C=O) groups is 2. The highest BCUT2D eigenvalue weighted by molar-refractivity contribution is 6.31. The lowest BCUT2D eigenvalue weighted by Gasteiger charge is -2.09. The molecule has 0 heterocycles. The van der Waals surface area contributed by atoms with Crippen LogP contribution < -0.4 is 20.2 Å². The van der Waals surface area contributed by atoms with Crippen LogP contribution in [-0.2, 0) is 11.3 Å². The number of nitrogens with zero attached hydrogens (tertiary/aromatic N) is 1. The van der Waals surface area contributed by atoms with Gasteiger partial charge in [-0.15, -0.1) is 0 Å². The van der Waals surface area contributed by atoms with Gasteiger partial charge in [-0.25, -0.2) is 5.43 Å². The number of carbonyl (C=O) groups excluding carboxylic acids is 2. The Hall–Kier alpha value is -3.06. The smallest absolute Gasteiger partial charge is 0.271 e. The number of rotatable bonds is 8. The van der Waals surface area contributed by atoms with Crippen LogP contribution in [0, 0.1) is 0 Å². The number of hydrazone groups is 1. The number of amides is 2. The summed E-state index contributed by atoms with van der Waals surface area (Å²) in [6, 6.07) is 12.1. The minimum Gasteiger partial charge on any atom is -0.493 e. The highest BCUT2D eigenvalue weighted by atomic mass is 35.5. The van der Waals surface area contributed by atoms with Crippen LogP contribution in [0.2, 0.25) is 5.02 Å². The van der Waals surface area contributed by atoms with E-state index < -0.39 is 5.91 Å². The van der Waals surface area contributed by atoms with E-state index >= 15 is 0 Å². The van der Waals surface area contributed by atoms with Crippen LogP contribution in [0.25, 0.3) is 0 Å². The number of benzene rings is 2. The Morgan fingerprint density at radius 3 is 2.46 bits per heavy atom. The Morgan fingerprint density at radius 2 is 1.79 bits per heavy atom. The van der Waals surface area contributed by atoms with Crippen LogP contribution in [0.15, 0.2) is 47.6 Å². The lowest BCUT2D eigenvalue weighted by atomic mass is 10.2. The average Bonchev–Trinajstić information content (AvgIpc) is 2.70. The molecular weight excluding hydrogens is 382 g/mol. The van der Waals surface area contributed by atoms with Gasteiger partial charge in [0.1, 0.15) is 0 Å². The van der Waals surface area contributed by atoms with Crippen LogP contribution in [0.3, 0.4) is 0 Å². The van der Waals surface area contributed by atoms with Crippen molar-refractivity contribution in [1.29, 1.82) is 0 Å². The van der Waals surface area contributed by atoms with E-state index in [2.05, 4.69) is 15.8 Å². The fraction of sp³-hybridized carbons (Fsp3) is 0.250. The maximum atomic E-state index is 12.2. The number of ether oxygens (including phenoxy) is 2. The maximum absolute atomic E-state index is 12.2. The normalized spacial score (nSPS) is 10.9. The molecule has 2 N–H and O–H groups in total. The van der Waals surface area contributed by atoms with Crippen LogP contribution in [0.1, 0.15) is 29.3 Å². The lowest BCUT2D eigenvalue weighted by Crippen LogP contribution is -2.26. The molecule has 28 heavy (non-hydrogen) atoms. The maximum Gasteiger partial charge on any atom is 0.271 e. The molecule has 7 nitrogen and oxygen atoms in total. The molecule has 0 aliphatic rings. The summed E-state index contributed by atoms with van der Waals surface area (Å²) < 4.78 is 10.3. The second kappa shape index (κ2) is 10.3. The monoisotopic (exact) mass is 403 g/mol. The van der Waals surface area contributed by atoms with Crippen LogP contribution >= 0.6 is 11.6 Å². The summed E-state index contributed by atoms with van der Waals surface area (Å²) in [4.78, 5) is 24.2. The Bertz CT molecular complexity index is 884. The van der Waals surface area contributed by atoms with E-state index in [0.29, 0.717) is 34.3 Å². The molecule has 0 radical (unpaired) electrons. The molecule has 0 fully saturated rings. The first-order chi connectivity index (χ1) is 13.4.